The predicted molar refractivity (Wildman–Crippen MR) is 105 cm³/mol. The van der Waals surface area contributed by atoms with Crippen molar-refractivity contribution in [1.82, 2.24) is 10.2 Å². The van der Waals surface area contributed by atoms with Crippen molar-refractivity contribution < 1.29 is 14.0 Å². The van der Waals surface area contributed by atoms with Crippen molar-refractivity contribution in [1.29, 1.82) is 0 Å². The maximum absolute atomic E-state index is 12.4. The molecule has 1 aromatic heterocycles. The molecule has 0 unspecified atom stereocenters. The second kappa shape index (κ2) is 8.48. The maximum Gasteiger partial charge on any atom is 0.254 e. The number of amides is 2. The fraction of sp³-hybridized carbons (Fsp3) is 0.400. The van der Waals surface area contributed by atoms with E-state index in [0.29, 0.717) is 36.7 Å². The summed E-state index contributed by atoms with van der Waals surface area (Å²) in [7, 11) is 0. The van der Waals surface area contributed by atoms with Crippen molar-refractivity contribution in [3.05, 3.63) is 52.4 Å². The Bertz CT molecular complexity index is 826. The van der Waals surface area contributed by atoms with Crippen LogP contribution >= 0.6 is 11.6 Å². The summed E-state index contributed by atoms with van der Waals surface area (Å²) in [6.07, 6.45) is 0.285. The third-order valence-electron chi connectivity index (χ3n) is 4.74. The minimum absolute atomic E-state index is 0.0502. The van der Waals surface area contributed by atoms with Crippen LogP contribution in [0.2, 0.25) is 5.02 Å². The van der Waals surface area contributed by atoms with E-state index >= 15 is 0 Å². The predicted octanol–water partition coefficient (Wildman–Crippen LogP) is 3.02. The number of piperazine rings is 1. The molecule has 3 rings (SSSR count). The Morgan fingerprint density at radius 2 is 1.85 bits per heavy atom. The number of benzene rings is 1. The molecule has 0 radical (unpaired) electrons. The van der Waals surface area contributed by atoms with E-state index in [1.807, 2.05) is 29.2 Å². The monoisotopic (exact) mass is 389 g/mol. The third-order valence-corrected chi connectivity index (χ3v) is 5.06. The molecular formula is C20H24ClN3O3. The van der Waals surface area contributed by atoms with E-state index in [9.17, 15) is 9.59 Å². The third kappa shape index (κ3) is 4.63. The van der Waals surface area contributed by atoms with Crippen molar-refractivity contribution in [3.63, 3.8) is 0 Å². The van der Waals surface area contributed by atoms with E-state index in [4.69, 9.17) is 16.0 Å². The fourth-order valence-electron chi connectivity index (χ4n) is 3.30. The van der Waals surface area contributed by atoms with Gasteiger partial charge in [0.25, 0.3) is 5.91 Å². The fourth-order valence-corrected chi connectivity index (χ4v) is 3.55. The molecule has 2 heterocycles. The average Bonchev–Trinajstić information content (AvgIpc) is 3.00. The van der Waals surface area contributed by atoms with Crippen LogP contribution in [0.5, 0.6) is 0 Å². The van der Waals surface area contributed by atoms with E-state index in [1.165, 1.54) is 0 Å². The maximum atomic E-state index is 12.4. The van der Waals surface area contributed by atoms with Gasteiger partial charge in [-0.2, -0.15) is 0 Å². The summed E-state index contributed by atoms with van der Waals surface area (Å²) < 4.78 is 5.36. The Morgan fingerprint density at radius 3 is 2.48 bits per heavy atom. The number of para-hydroxylation sites is 1. The lowest BCUT2D eigenvalue weighted by Crippen LogP contribution is -2.49. The minimum atomic E-state index is -0.208. The molecule has 1 aromatic carbocycles. The number of nitrogens with zero attached hydrogens (tertiary/aromatic N) is 2. The van der Waals surface area contributed by atoms with Gasteiger partial charge in [-0.25, -0.2) is 0 Å². The molecule has 0 atom stereocenters. The van der Waals surface area contributed by atoms with Gasteiger partial charge < -0.3 is 19.5 Å². The lowest BCUT2D eigenvalue weighted by Gasteiger charge is -2.36. The van der Waals surface area contributed by atoms with E-state index < -0.39 is 0 Å². The molecule has 1 aliphatic heterocycles. The van der Waals surface area contributed by atoms with Crippen LogP contribution in [0.4, 0.5) is 5.69 Å². The highest BCUT2D eigenvalue weighted by atomic mass is 35.5. The molecule has 0 spiro atoms. The quantitative estimate of drug-likeness (QED) is 0.853. The molecule has 2 amide bonds. The van der Waals surface area contributed by atoms with E-state index in [-0.39, 0.29) is 18.2 Å². The minimum Gasteiger partial charge on any atom is -0.466 e. The van der Waals surface area contributed by atoms with Crippen molar-refractivity contribution in [2.24, 2.45) is 0 Å². The average molecular weight is 390 g/mol. The molecule has 1 saturated heterocycles. The van der Waals surface area contributed by atoms with Gasteiger partial charge in [0.05, 0.1) is 16.3 Å². The lowest BCUT2D eigenvalue weighted by atomic mass is 10.2. The number of carbonyl (C=O) groups is 2. The number of anilines is 1. The van der Waals surface area contributed by atoms with E-state index in [1.54, 1.807) is 19.9 Å². The molecule has 0 bridgehead atoms. The Hall–Kier alpha value is -2.47. The van der Waals surface area contributed by atoms with Crippen LogP contribution in [0.1, 0.15) is 28.3 Å². The van der Waals surface area contributed by atoms with Gasteiger partial charge in [-0.1, -0.05) is 23.7 Å². The van der Waals surface area contributed by atoms with Crippen LogP contribution < -0.4 is 10.2 Å². The summed E-state index contributed by atoms with van der Waals surface area (Å²) in [4.78, 5) is 28.6. The number of halogens is 1. The zero-order valence-corrected chi connectivity index (χ0v) is 16.4. The topological polar surface area (TPSA) is 65.8 Å². The van der Waals surface area contributed by atoms with E-state index in [2.05, 4.69) is 10.2 Å². The highest BCUT2D eigenvalue weighted by molar-refractivity contribution is 6.33. The normalized spacial score (nSPS) is 14.3. The van der Waals surface area contributed by atoms with Crippen LogP contribution in [0.15, 0.2) is 34.7 Å². The van der Waals surface area contributed by atoms with Gasteiger partial charge >= 0.3 is 0 Å². The lowest BCUT2D eigenvalue weighted by molar-refractivity contribution is -0.131. The smallest absolute Gasteiger partial charge is 0.254 e. The van der Waals surface area contributed by atoms with Gasteiger partial charge in [-0.3, -0.25) is 9.59 Å². The van der Waals surface area contributed by atoms with Crippen LogP contribution in [0.25, 0.3) is 0 Å². The van der Waals surface area contributed by atoms with Gasteiger partial charge in [0, 0.05) is 39.1 Å². The molecule has 1 N–H and O–H groups in total. The van der Waals surface area contributed by atoms with Crippen molar-refractivity contribution in [3.8, 4) is 0 Å². The molecule has 7 heteroatoms. The van der Waals surface area contributed by atoms with Gasteiger partial charge in [0.15, 0.2) is 0 Å². The molecular weight excluding hydrogens is 366 g/mol. The first-order valence-electron chi connectivity index (χ1n) is 9.08. The second-order valence-electron chi connectivity index (χ2n) is 6.65. The Labute approximate surface area is 164 Å². The molecule has 2 aromatic rings. The number of nitrogens with one attached hydrogen (secondary N) is 1. The standard InChI is InChI=1S/C20H24ClN3O3/c1-14-13-16(15(2)27-14)20(26)22-8-7-19(25)24-11-9-23(10-12-24)18-6-4-3-5-17(18)21/h3-6,13H,7-12H2,1-2H3,(H,22,26). The van der Waals surface area contributed by atoms with Crippen LogP contribution in [0.3, 0.4) is 0 Å². The summed E-state index contributed by atoms with van der Waals surface area (Å²) in [6, 6.07) is 9.45. The largest absolute Gasteiger partial charge is 0.466 e. The first kappa shape index (κ1) is 19.3. The van der Waals surface area contributed by atoms with E-state index in [0.717, 1.165) is 23.8 Å². The number of carbonyl (C=O) groups excluding carboxylic acids is 2. The summed E-state index contributed by atoms with van der Waals surface area (Å²) >= 11 is 6.25. The van der Waals surface area contributed by atoms with Crippen LogP contribution in [-0.4, -0.2) is 49.4 Å². The molecule has 6 nitrogen and oxygen atoms in total. The Kier molecular flexibility index (Phi) is 6.06. The highest BCUT2D eigenvalue weighted by Crippen LogP contribution is 2.26. The molecule has 0 saturated carbocycles. The number of aryl methyl sites for hydroxylation is 2. The zero-order chi connectivity index (χ0) is 19.4. The highest BCUT2D eigenvalue weighted by Gasteiger charge is 2.22. The van der Waals surface area contributed by atoms with Gasteiger partial charge in [0.2, 0.25) is 5.91 Å². The number of hydrogen-bond donors (Lipinski definition) is 1. The number of rotatable bonds is 5. The van der Waals surface area contributed by atoms with Gasteiger partial charge in [-0.15, -0.1) is 0 Å². The van der Waals surface area contributed by atoms with Crippen LogP contribution in [-0.2, 0) is 4.79 Å². The molecule has 144 valence electrons. The SMILES string of the molecule is Cc1cc(C(=O)NCCC(=O)N2CCN(c3ccccc3Cl)CC2)c(C)o1. The number of hydrogen-bond acceptors (Lipinski definition) is 4. The van der Waals surface area contributed by atoms with Crippen molar-refractivity contribution in [2.45, 2.75) is 20.3 Å². The first-order chi connectivity index (χ1) is 13.0. The molecule has 0 aliphatic carbocycles. The van der Waals surface area contributed by atoms with Gasteiger partial charge in [-0.05, 0) is 32.0 Å². The van der Waals surface area contributed by atoms with Crippen molar-refractivity contribution in [2.75, 3.05) is 37.6 Å². The molecule has 1 aliphatic rings. The molecule has 27 heavy (non-hydrogen) atoms. The zero-order valence-electron chi connectivity index (χ0n) is 15.6. The van der Waals surface area contributed by atoms with Crippen LogP contribution in [0, 0.1) is 13.8 Å². The Balaban J connectivity index is 1.44. The van der Waals surface area contributed by atoms with Crippen molar-refractivity contribution >= 4 is 29.1 Å². The summed E-state index contributed by atoms with van der Waals surface area (Å²) in [5.74, 6) is 1.13. The number of furan rings is 1. The second-order valence-corrected chi connectivity index (χ2v) is 7.06. The van der Waals surface area contributed by atoms with Gasteiger partial charge in [0.1, 0.15) is 11.5 Å². The molecule has 1 fully saturated rings. The summed E-state index contributed by atoms with van der Waals surface area (Å²) in [5, 5.41) is 3.52. The first-order valence-corrected chi connectivity index (χ1v) is 9.46. The summed E-state index contributed by atoms with van der Waals surface area (Å²) in [5.41, 5.74) is 1.53. The Morgan fingerprint density at radius 1 is 1.15 bits per heavy atom. The summed E-state index contributed by atoms with van der Waals surface area (Å²) in [6.45, 7) is 6.66.